The summed E-state index contributed by atoms with van der Waals surface area (Å²) in [5.41, 5.74) is 2.31. The fourth-order valence-electron chi connectivity index (χ4n) is 2.01. The van der Waals surface area contributed by atoms with Gasteiger partial charge in [0.05, 0.1) is 10.7 Å². The number of nitrogens with one attached hydrogen (secondary N) is 1. The summed E-state index contributed by atoms with van der Waals surface area (Å²) in [6.07, 6.45) is 2.88. The van der Waals surface area contributed by atoms with Crippen LogP contribution in [0.3, 0.4) is 0 Å². The second-order valence-corrected chi connectivity index (χ2v) is 6.00. The van der Waals surface area contributed by atoms with Crippen LogP contribution in [0.1, 0.15) is 29.4 Å². The highest BCUT2D eigenvalue weighted by Crippen LogP contribution is 2.24. The zero-order chi connectivity index (χ0) is 14.7. The van der Waals surface area contributed by atoms with E-state index in [0.717, 1.165) is 23.0 Å². The number of aromatic nitrogens is 1. The summed E-state index contributed by atoms with van der Waals surface area (Å²) in [6.45, 7) is 4.84. The normalized spacial score (nSPS) is 10.6. The van der Waals surface area contributed by atoms with Crippen molar-refractivity contribution in [2.24, 2.45) is 0 Å². The zero-order valence-corrected chi connectivity index (χ0v) is 13.8. The maximum atomic E-state index is 12.4. The fraction of sp³-hybridized carbons (Fsp3) is 0.267. The quantitative estimate of drug-likeness (QED) is 0.833. The number of carbonyl (C=O) groups excluding carboxylic acids is 1. The molecule has 2 aromatic rings. The van der Waals surface area contributed by atoms with Gasteiger partial charge in [0, 0.05) is 17.2 Å². The molecule has 0 unspecified atom stereocenters. The number of hydrogen-bond donors (Lipinski definition) is 1. The van der Waals surface area contributed by atoms with Gasteiger partial charge in [0.25, 0.3) is 5.91 Å². The molecule has 0 saturated carbocycles. The lowest BCUT2D eigenvalue weighted by atomic mass is 10.2. The van der Waals surface area contributed by atoms with Crippen molar-refractivity contribution < 1.29 is 4.79 Å². The highest BCUT2D eigenvalue weighted by atomic mass is 79.9. The summed E-state index contributed by atoms with van der Waals surface area (Å²) < 4.78 is 2.83. The first-order valence-electron chi connectivity index (χ1n) is 6.44. The SMILES string of the molecule is CCCn1cc(Br)cc1C(=O)Nc1cc(C)ccc1Cl. The van der Waals surface area contributed by atoms with E-state index in [2.05, 4.69) is 28.2 Å². The third-order valence-electron chi connectivity index (χ3n) is 2.93. The number of anilines is 1. The Morgan fingerprint density at radius 1 is 1.40 bits per heavy atom. The molecule has 0 aliphatic heterocycles. The average Bonchev–Trinajstić information content (AvgIpc) is 2.75. The number of nitrogens with zero attached hydrogens (tertiary/aromatic N) is 1. The highest BCUT2D eigenvalue weighted by molar-refractivity contribution is 9.10. The molecule has 0 aliphatic rings. The Kier molecular flexibility index (Phi) is 4.89. The van der Waals surface area contributed by atoms with Crippen molar-refractivity contribution in [3.8, 4) is 0 Å². The summed E-state index contributed by atoms with van der Waals surface area (Å²) in [5.74, 6) is -0.156. The van der Waals surface area contributed by atoms with Crippen molar-refractivity contribution >= 4 is 39.1 Å². The first kappa shape index (κ1) is 15.1. The number of hydrogen-bond acceptors (Lipinski definition) is 1. The number of rotatable bonds is 4. The molecule has 1 amide bonds. The monoisotopic (exact) mass is 354 g/mol. The first-order chi connectivity index (χ1) is 9.51. The Hall–Kier alpha value is -1.26. The number of halogens is 2. The molecule has 1 aromatic heterocycles. The van der Waals surface area contributed by atoms with Crippen LogP contribution in [0.25, 0.3) is 0 Å². The van der Waals surface area contributed by atoms with Gasteiger partial charge in [-0.05, 0) is 53.0 Å². The molecule has 2 rings (SSSR count). The zero-order valence-electron chi connectivity index (χ0n) is 11.4. The van der Waals surface area contributed by atoms with Gasteiger partial charge in [0.2, 0.25) is 0 Å². The molecule has 106 valence electrons. The molecule has 0 fully saturated rings. The van der Waals surface area contributed by atoms with Gasteiger partial charge in [0.15, 0.2) is 0 Å². The minimum Gasteiger partial charge on any atom is -0.342 e. The van der Waals surface area contributed by atoms with Gasteiger partial charge >= 0.3 is 0 Å². The van der Waals surface area contributed by atoms with Crippen molar-refractivity contribution in [3.63, 3.8) is 0 Å². The standard InChI is InChI=1S/C15H16BrClN2O/c1-3-6-19-9-11(16)8-14(19)15(20)18-13-7-10(2)4-5-12(13)17/h4-5,7-9H,3,6H2,1-2H3,(H,18,20). The lowest BCUT2D eigenvalue weighted by Crippen LogP contribution is -2.17. The van der Waals surface area contributed by atoms with Crippen molar-refractivity contribution in [1.82, 2.24) is 4.57 Å². The maximum Gasteiger partial charge on any atom is 0.272 e. The Bertz CT molecular complexity index is 637. The van der Waals surface area contributed by atoms with E-state index in [-0.39, 0.29) is 5.91 Å². The lowest BCUT2D eigenvalue weighted by molar-refractivity contribution is 0.101. The molecule has 1 N–H and O–H groups in total. The summed E-state index contributed by atoms with van der Waals surface area (Å²) in [5, 5.41) is 3.41. The smallest absolute Gasteiger partial charge is 0.272 e. The van der Waals surface area contributed by atoms with Crippen LogP contribution in [0, 0.1) is 6.92 Å². The van der Waals surface area contributed by atoms with Gasteiger partial charge in [0.1, 0.15) is 5.69 Å². The van der Waals surface area contributed by atoms with Crippen LogP contribution in [0.2, 0.25) is 5.02 Å². The van der Waals surface area contributed by atoms with Gasteiger partial charge in [-0.3, -0.25) is 4.79 Å². The van der Waals surface area contributed by atoms with E-state index in [0.29, 0.717) is 16.4 Å². The molecule has 0 saturated heterocycles. The second kappa shape index (κ2) is 6.46. The van der Waals surface area contributed by atoms with Gasteiger partial charge < -0.3 is 9.88 Å². The summed E-state index contributed by atoms with van der Waals surface area (Å²) in [4.78, 5) is 12.4. The van der Waals surface area contributed by atoms with Gasteiger partial charge in [-0.1, -0.05) is 24.6 Å². The second-order valence-electron chi connectivity index (χ2n) is 4.67. The molecule has 3 nitrogen and oxygen atoms in total. The molecule has 0 spiro atoms. The van der Waals surface area contributed by atoms with Crippen LogP contribution >= 0.6 is 27.5 Å². The van der Waals surface area contributed by atoms with Crippen molar-refractivity contribution in [1.29, 1.82) is 0 Å². The molecular weight excluding hydrogens is 340 g/mol. The van der Waals surface area contributed by atoms with E-state index in [1.807, 2.05) is 35.9 Å². The fourth-order valence-corrected chi connectivity index (χ4v) is 2.64. The van der Waals surface area contributed by atoms with Gasteiger partial charge in [-0.25, -0.2) is 0 Å². The third-order valence-corrected chi connectivity index (χ3v) is 3.69. The molecule has 0 aliphatic carbocycles. The van der Waals surface area contributed by atoms with Crippen molar-refractivity contribution in [2.45, 2.75) is 26.8 Å². The minimum absolute atomic E-state index is 0.156. The number of amides is 1. The molecular formula is C15H16BrClN2O. The van der Waals surface area contributed by atoms with E-state index in [9.17, 15) is 4.79 Å². The minimum atomic E-state index is -0.156. The topological polar surface area (TPSA) is 34.0 Å². The van der Waals surface area contributed by atoms with Crippen LogP contribution in [-0.2, 0) is 6.54 Å². The van der Waals surface area contributed by atoms with Crippen LogP contribution < -0.4 is 5.32 Å². The molecule has 0 bridgehead atoms. The lowest BCUT2D eigenvalue weighted by Gasteiger charge is -2.10. The molecule has 20 heavy (non-hydrogen) atoms. The first-order valence-corrected chi connectivity index (χ1v) is 7.61. The molecule has 1 aromatic carbocycles. The number of carbonyl (C=O) groups is 1. The Morgan fingerprint density at radius 2 is 2.15 bits per heavy atom. The van der Waals surface area contributed by atoms with Crippen LogP contribution in [0.4, 0.5) is 5.69 Å². The van der Waals surface area contributed by atoms with E-state index in [1.54, 1.807) is 6.07 Å². The maximum absolute atomic E-state index is 12.4. The Morgan fingerprint density at radius 3 is 2.85 bits per heavy atom. The predicted octanol–water partition coefficient (Wildman–Crippen LogP) is 4.87. The van der Waals surface area contributed by atoms with Crippen molar-refractivity contribution in [3.05, 3.63) is 51.2 Å². The molecule has 0 radical (unpaired) electrons. The number of aryl methyl sites for hydroxylation is 2. The Balaban J connectivity index is 2.26. The highest BCUT2D eigenvalue weighted by Gasteiger charge is 2.14. The van der Waals surface area contributed by atoms with E-state index >= 15 is 0 Å². The summed E-state index contributed by atoms with van der Waals surface area (Å²) in [6, 6.07) is 7.37. The average molecular weight is 356 g/mol. The summed E-state index contributed by atoms with van der Waals surface area (Å²) in [7, 11) is 0. The van der Waals surface area contributed by atoms with Gasteiger partial charge in [-0.2, -0.15) is 0 Å². The predicted molar refractivity (Wildman–Crippen MR) is 86.6 cm³/mol. The van der Waals surface area contributed by atoms with E-state index in [4.69, 9.17) is 11.6 Å². The van der Waals surface area contributed by atoms with E-state index in [1.165, 1.54) is 0 Å². The number of benzene rings is 1. The third kappa shape index (κ3) is 3.44. The molecule has 0 atom stereocenters. The Labute approximate surface area is 132 Å². The molecule has 5 heteroatoms. The van der Waals surface area contributed by atoms with Crippen LogP contribution in [0.5, 0.6) is 0 Å². The summed E-state index contributed by atoms with van der Waals surface area (Å²) >= 11 is 9.51. The van der Waals surface area contributed by atoms with E-state index < -0.39 is 0 Å². The largest absolute Gasteiger partial charge is 0.342 e. The molecule has 1 heterocycles. The van der Waals surface area contributed by atoms with Crippen molar-refractivity contribution in [2.75, 3.05) is 5.32 Å². The van der Waals surface area contributed by atoms with Crippen LogP contribution in [0.15, 0.2) is 34.9 Å². The van der Waals surface area contributed by atoms with Crippen LogP contribution in [-0.4, -0.2) is 10.5 Å². The van der Waals surface area contributed by atoms with Gasteiger partial charge in [-0.15, -0.1) is 0 Å².